The molecule has 1 aliphatic heterocycles. The Kier molecular flexibility index (Phi) is 5.75. The molecule has 0 spiro atoms. The van der Waals surface area contributed by atoms with E-state index in [4.69, 9.17) is 9.47 Å². The van der Waals surface area contributed by atoms with Gasteiger partial charge in [-0.25, -0.2) is 4.39 Å². The lowest BCUT2D eigenvalue weighted by atomic mass is 9.72. The average Bonchev–Trinajstić information content (AvgIpc) is 2.60. The van der Waals surface area contributed by atoms with Gasteiger partial charge in [0.2, 0.25) is 5.82 Å². The van der Waals surface area contributed by atoms with Gasteiger partial charge in [0.05, 0.1) is 19.3 Å². The van der Waals surface area contributed by atoms with E-state index in [1.54, 1.807) is 19.1 Å². The summed E-state index contributed by atoms with van der Waals surface area (Å²) in [6, 6.07) is 3.28. The molecule has 0 bridgehead atoms. The van der Waals surface area contributed by atoms with Crippen molar-refractivity contribution >= 4 is 0 Å². The third kappa shape index (κ3) is 3.74. The molecule has 2 atom stereocenters. The minimum atomic E-state index is -0.842. The lowest BCUT2D eigenvalue weighted by Crippen LogP contribution is -2.31. The van der Waals surface area contributed by atoms with Crippen molar-refractivity contribution in [2.24, 2.45) is 11.8 Å². The number of halogens is 2. The van der Waals surface area contributed by atoms with Crippen LogP contribution in [-0.4, -0.2) is 19.3 Å². The van der Waals surface area contributed by atoms with Gasteiger partial charge in [-0.1, -0.05) is 6.07 Å². The first-order chi connectivity index (χ1) is 11.6. The first kappa shape index (κ1) is 17.7. The van der Waals surface area contributed by atoms with Crippen molar-refractivity contribution in [3.63, 3.8) is 0 Å². The molecule has 1 aliphatic carbocycles. The van der Waals surface area contributed by atoms with Crippen molar-refractivity contribution < 1.29 is 18.3 Å². The van der Waals surface area contributed by atoms with Gasteiger partial charge in [0.1, 0.15) is 0 Å². The number of rotatable bonds is 4. The summed E-state index contributed by atoms with van der Waals surface area (Å²) in [7, 11) is 0. The van der Waals surface area contributed by atoms with Gasteiger partial charge < -0.3 is 9.47 Å². The summed E-state index contributed by atoms with van der Waals surface area (Å²) in [5.74, 6) is -0.116. The van der Waals surface area contributed by atoms with Crippen LogP contribution in [0.5, 0.6) is 5.75 Å². The molecule has 0 N–H and O–H groups in total. The molecule has 2 fully saturated rings. The van der Waals surface area contributed by atoms with E-state index in [-0.39, 0.29) is 11.7 Å². The van der Waals surface area contributed by atoms with Crippen molar-refractivity contribution in [3.05, 3.63) is 29.3 Å². The predicted molar refractivity (Wildman–Crippen MR) is 90.4 cm³/mol. The third-order valence-corrected chi connectivity index (χ3v) is 5.79. The first-order valence-corrected chi connectivity index (χ1v) is 9.32. The highest BCUT2D eigenvalue weighted by atomic mass is 19.2. The van der Waals surface area contributed by atoms with Crippen molar-refractivity contribution in [2.75, 3.05) is 13.2 Å². The number of hydrogen-bond donors (Lipinski definition) is 0. The maximum absolute atomic E-state index is 14.4. The van der Waals surface area contributed by atoms with Crippen LogP contribution in [0.15, 0.2) is 12.1 Å². The second kappa shape index (κ2) is 7.81. The Bertz CT molecular complexity index is 545. The van der Waals surface area contributed by atoms with Crippen LogP contribution in [0.1, 0.15) is 63.9 Å². The topological polar surface area (TPSA) is 18.5 Å². The molecule has 2 unspecified atom stereocenters. The maximum atomic E-state index is 14.4. The van der Waals surface area contributed by atoms with Gasteiger partial charge in [-0.2, -0.15) is 4.39 Å². The van der Waals surface area contributed by atoms with Crippen LogP contribution in [0.4, 0.5) is 8.78 Å². The van der Waals surface area contributed by atoms with Gasteiger partial charge in [0.15, 0.2) is 11.6 Å². The Morgan fingerprint density at radius 1 is 1.00 bits per heavy atom. The molecule has 3 rings (SSSR count). The third-order valence-electron chi connectivity index (χ3n) is 5.79. The Hall–Kier alpha value is -1.16. The summed E-state index contributed by atoms with van der Waals surface area (Å²) in [5, 5.41) is 0. The van der Waals surface area contributed by atoms with E-state index in [0.29, 0.717) is 30.1 Å². The number of ether oxygens (including phenoxy) is 2. The summed E-state index contributed by atoms with van der Waals surface area (Å²) in [6.07, 6.45) is 6.80. The molecule has 134 valence electrons. The smallest absolute Gasteiger partial charge is 0.200 e. The second-order valence-electron chi connectivity index (χ2n) is 7.31. The zero-order valence-corrected chi connectivity index (χ0v) is 14.7. The first-order valence-electron chi connectivity index (χ1n) is 9.32. The Morgan fingerprint density at radius 3 is 2.33 bits per heavy atom. The SMILES string of the molecule is CCOc1ccc(C2CCC(C3CCC(C)OC3)CC2)c(F)c1F. The highest BCUT2D eigenvalue weighted by Crippen LogP contribution is 2.42. The van der Waals surface area contributed by atoms with Crippen LogP contribution in [0.2, 0.25) is 0 Å². The monoisotopic (exact) mass is 338 g/mol. The second-order valence-corrected chi connectivity index (χ2v) is 7.31. The quantitative estimate of drug-likeness (QED) is 0.726. The summed E-state index contributed by atoms with van der Waals surface area (Å²) < 4.78 is 39.4. The van der Waals surface area contributed by atoms with Crippen LogP contribution in [0.25, 0.3) is 0 Å². The average molecular weight is 338 g/mol. The fourth-order valence-corrected chi connectivity index (χ4v) is 4.31. The van der Waals surface area contributed by atoms with Crippen molar-refractivity contribution in [1.29, 1.82) is 0 Å². The van der Waals surface area contributed by atoms with Gasteiger partial charge in [0.25, 0.3) is 0 Å². The van der Waals surface area contributed by atoms with Gasteiger partial charge >= 0.3 is 0 Å². The molecule has 1 aromatic rings. The summed E-state index contributed by atoms with van der Waals surface area (Å²) in [4.78, 5) is 0. The minimum absolute atomic E-state index is 0.0147. The molecular weight excluding hydrogens is 310 g/mol. The highest BCUT2D eigenvalue weighted by Gasteiger charge is 2.32. The van der Waals surface area contributed by atoms with Crippen LogP contribution in [0.3, 0.4) is 0 Å². The molecule has 4 heteroatoms. The van der Waals surface area contributed by atoms with E-state index in [2.05, 4.69) is 6.92 Å². The Morgan fingerprint density at radius 2 is 1.71 bits per heavy atom. The molecule has 1 saturated carbocycles. The van der Waals surface area contributed by atoms with Gasteiger partial charge in [-0.3, -0.25) is 0 Å². The number of hydrogen-bond acceptors (Lipinski definition) is 2. The van der Waals surface area contributed by atoms with Crippen molar-refractivity contribution in [2.45, 2.75) is 64.4 Å². The van der Waals surface area contributed by atoms with Crippen LogP contribution >= 0.6 is 0 Å². The Labute approximate surface area is 143 Å². The Balaban J connectivity index is 1.61. The summed E-state index contributed by atoms with van der Waals surface area (Å²) in [6.45, 7) is 5.10. The number of benzene rings is 1. The highest BCUT2D eigenvalue weighted by molar-refractivity contribution is 5.33. The van der Waals surface area contributed by atoms with Crippen molar-refractivity contribution in [3.8, 4) is 5.75 Å². The predicted octanol–water partition coefficient (Wildman–Crippen LogP) is 5.45. The summed E-state index contributed by atoms with van der Waals surface area (Å²) in [5.41, 5.74) is 0.517. The molecule has 24 heavy (non-hydrogen) atoms. The van der Waals surface area contributed by atoms with E-state index < -0.39 is 11.6 Å². The van der Waals surface area contributed by atoms with E-state index >= 15 is 0 Å². The molecule has 0 amide bonds. The van der Waals surface area contributed by atoms with Gasteiger partial charge in [-0.15, -0.1) is 0 Å². The van der Waals surface area contributed by atoms with Crippen LogP contribution < -0.4 is 4.74 Å². The van der Waals surface area contributed by atoms with E-state index in [1.165, 1.54) is 6.42 Å². The van der Waals surface area contributed by atoms with Gasteiger partial charge in [0, 0.05) is 0 Å². The molecule has 1 saturated heterocycles. The molecule has 0 radical (unpaired) electrons. The van der Waals surface area contributed by atoms with Crippen LogP contribution in [0, 0.1) is 23.5 Å². The largest absolute Gasteiger partial charge is 0.491 e. The molecule has 0 aromatic heterocycles. The maximum Gasteiger partial charge on any atom is 0.200 e. The summed E-state index contributed by atoms with van der Waals surface area (Å²) >= 11 is 0. The fraction of sp³-hybridized carbons (Fsp3) is 0.700. The zero-order valence-electron chi connectivity index (χ0n) is 14.7. The molecular formula is C20H28F2O2. The van der Waals surface area contributed by atoms with Gasteiger partial charge in [-0.05, 0) is 81.8 Å². The standard InChI is InChI=1S/C20H28F2O2/c1-3-23-18-11-10-17(19(21)20(18)22)15-8-6-14(7-9-15)16-5-4-13(2)24-12-16/h10-11,13-16H,3-9,12H2,1-2H3. The molecule has 2 nitrogen and oxygen atoms in total. The van der Waals surface area contributed by atoms with Crippen LogP contribution in [-0.2, 0) is 4.74 Å². The molecule has 1 aromatic carbocycles. The zero-order chi connectivity index (χ0) is 17.1. The van der Waals surface area contributed by atoms with Crippen molar-refractivity contribution in [1.82, 2.24) is 0 Å². The normalized spacial score (nSPS) is 31.0. The fourth-order valence-electron chi connectivity index (χ4n) is 4.31. The van der Waals surface area contributed by atoms with E-state index in [1.807, 2.05) is 0 Å². The molecule has 1 heterocycles. The lowest BCUT2D eigenvalue weighted by molar-refractivity contribution is -0.0282. The van der Waals surface area contributed by atoms with E-state index in [0.717, 1.165) is 38.7 Å². The van der Waals surface area contributed by atoms with E-state index in [9.17, 15) is 8.78 Å². The molecule has 2 aliphatic rings. The minimum Gasteiger partial charge on any atom is -0.491 e. The lowest BCUT2D eigenvalue weighted by Gasteiger charge is -2.37.